The van der Waals surface area contributed by atoms with Crippen molar-refractivity contribution in [2.75, 3.05) is 19.5 Å². The lowest BCUT2D eigenvalue weighted by atomic mass is 9.83. The molecule has 2 rings (SSSR count). The summed E-state index contributed by atoms with van der Waals surface area (Å²) in [6.45, 7) is 1.66. The largest absolute Gasteiger partial charge is 0.497 e. The van der Waals surface area contributed by atoms with Crippen molar-refractivity contribution in [3.05, 3.63) is 64.0 Å². The van der Waals surface area contributed by atoms with Gasteiger partial charge in [0.1, 0.15) is 11.5 Å². The molecule has 9 heteroatoms. The summed E-state index contributed by atoms with van der Waals surface area (Å²) in [5, 5.41) is 6.09. The number of halogens is 2. The number of amides is 1. The van der Waals surface area contributed by atoms with E-state index in [9.17, 15) is 13.6 Å². The number of rotatable bonds is 8. The summed E-state index contributed by atoms with van der Waals surface area (Å²) in [5.74, 6) is -0.0854. The van der Waals surface area contributed by atoms with Crippen molar-refractivity contribution in [2.24, 2.45) is 5.11 Å². The Morgan fingerprint density at radius 3 is 2.32 bits per heavy atom. The third-order valence-corrected chi connectivity index (χ3v) is 4.24. The van der Waals surface area contributed by atoms with Crippen LogP contribution in [0.4, 0.5) is 14.5 Å². The van der Waals surface area contributed by atoms with Crippen molar-refractivity contribution in [1.82, 2.24) is 0 Å². The van der Waals surface area contributed by atoms with Crippen LogP contribution < -0.4 is 14.8 Å². The molecule has 0 radical (unpaired) electrons. The van der Waals surface area contributed by atoms with Gasteiger partial charge in [0.15, 0.2) is 5.54 Å². The number of nitrogens with zero attached hydrogens (tertiary/aromatic N) is 3. The lowest BCUT2D eigenvalue weighted by molar-refractivity contribution is -0.123. The van der Waals surface area contributed by atoms with Crippen LogP contribution in [0.3, 0.4) is 0 Å². The number of ether oxygens (including phenoxy) is 2. The SMILES string of the molecule is COc1cc(NC(=O)[C@](CC(F)F)(N=[N+]=[N-])c2ccccc2C)cc(OC)c1. The molecule has 0 saturated carbocycles. The quantitative estimate of drug-likeness (QED) is 0.398. The summed E-state index contributed by atoms with van der Waals surface area (Å²) in [5.41, 5.74) is 7.93. The fourth-order valence-electron chi connectivity index (χ4n) is 2.92. The van der Waals surface area contributed by atoms with Crippen molar-refractivity contribution in [2.45, 2.75) is 25.3 Å². The van der Waals surface area contributed by atoms with E-state index < -0.39 is 24.3 Å². The smallest absolute Gasteiger partial charge is 0.241 e. The van der Waals surface area contributed by atoms with E-state index in [1.807, 2.05) is 0 Å². The van der Waals surface area contributed by atoms with E-state index in [0.29, 0.717) is 17.1 Å². The highest BCUT2D eigenvalue weighted by molar-refractivity contribution is 5.99. The fraction of sp³-hybridized carbons (Fsp3) is 0.316. The monoisotopic (exact) mass is 390 g/mol. The van der Waals surface area contributed by atoms with Crippen LogP contribution in [0, 0.1) is 6.92 Å². The van der Waals surface area contributed by atoms with E-state index in [2.05, 4.69) is 15.3 Å². The molecular formula is C19H20F2N4O3. The average molecular weight is 390 g/mol. The minimum absolute atomic E-state index is 0.209. The molecule has 2 aromatic carbocycles. The van der Waals surface area contributed by atoms with Crippen LogP contribution in [-0.4, -0.2) is 26.6 Å². The van der Waals surface area contributed by atoms with Gasteiger partial charge in [0.05, 0.1) is 14.2 Å². The standard InChI is InChI=1S/C19H20F2N4O3/c1-12-6-4-5-7-16(12)19(24-25-22,11-17(20)21)18(26)23-13-8-14(27-2)10-15(9-13)28-3/h4-10,17H,11H2,1-3H3,(H,23,26)/t19-/m1/s1. The first-order valence-corrected chi connectivity index (χ1v) is 8.31. The zero-order chi connectivity index (χ0) is 20.7. The van der Waals surface area contributed by atoms with Crippen molar-refractivity contribution >= 4 is 11.6 Å². The Kier molecular flexibility index (Phi) is 6.79. The zero-order valence-electron chi connectivity index (χ0n) is 15.6. The summed E-state index contributed by atoms with van der Waals surface area (Å²) >= 11 is 0. The third-order valence-electron chi connectivity index (χ3n) is 4.24. The number of benzene rings is 2. The van der Waals surface area contributed by atoms with Crippen molar-refractivity contribution in [3.63, 3.8) is 0 Å². The molecule has 0 fully saturated rings. The number of methoxy groups -OCH3 is 2. The van der Waals surface area contributed by atoms with E-state index in [4.69, 9.17) is 15.0 Å². The molecule has 0 aliphatic rings. The molecule has 0 aliphatic carbocycles. The van der Waals surface area contributed by atoms with Crippen LogP contribution in [0.15, 0.2) is 47.6 Å². The van der Waals surface area contributed by atoms with Crippen LogP contribution in [0.2, 0.25) is 0 Å². The predicted octanol–water partition coefficient (Wildman–Crippen LogP) is 4.81. The highest BCUT2D eigenvalue weighted by Crippen LogP contribution is 2.37. The molecule has 0 bridgehead atoms. The van der Waals surface area contributed by atoms with Crippen LogP contribution in [0.5, 0.6) is 11.5 Å². The predicted molar refractivity (Wildman–Crippen MR) is 101 cm³/mol. The van der Waals surface area contributed by atoms with Crippen LogP contribution in [-0.2, 0) is 10.3 Å². The van der Waals surface area contributed by atoms with Crippen LogP contribution >= 0.6 is 0 Å². The second-order valence-electron chi connectivity index (χ2n) is 6.02. The summed E-state index contributed by atoms with van der Waals surface area (Å²) in [6, 6.07) is 11.0. The molecule has 1 amide bonds. The first-order chi connectivity index (χ1) is 13.4. The molecule has 148 valence electrons. The molecule has 0 aliphatic heterocycles. The maximum atomic E-state index is 13.4. The first-order valence-electron chi connectivity index (χ1n) is 8.31. The molecule has 0 heterocycles. The molecule has 2 aromatic rings. The molecule has 0 spiro atoms. The molecule has 0 aromatic heterocycles. The first kappa shape index (κ1) is 21.0. The minimum Gasteiger partial charge on any atom is -0.497 e. The molecular weight excluding hydrogens is 370 g/mol. The minimum atomic E-state index is -2.88. The highest BCUT2D eigenvalue weighted by atomic mass is 19.3. The second kappa shape index (κ2) is 9.05. The van der Waals surface area contributed by atoms with Gasteiger partial charge < -0.3 is 14.8 Å². The Labute approximate surface area is 160 Å². The number of carbonyl (C=O) groups is 1. The number of azide groups is 1. The van der Waals surface area contributed by atoms with Crippen LogP contribution in [0.1, 0.15) is 17.5 Å². The van der Waals surface area contributed by atoms with Gasteiger partial charge in [0.2, 0.25) is 12.3 Å². The van der Waals surface area contributed by atoms with Gasteiger partial charge in [0, 0.05) is 35.2 Å². The fourth-order valence-corrected chi connectivity index (χ4v) is 2.92. The Morgan fingerprint density at radius 2 is 1.82 bits per heavy atom. The Morgan fingerprint density at radius 1 is 1.21 bits per heavy atom. The van der Waals surface area contributed by atoms with Gasteiger partial charge in [-0.1, -0.05) is 29.4 Å². The lowest BCUT2D eigenvalue weighted by Crippen LogP contribution is -2.40. The van der Waals surface area contributed by atoms with Gasteiger partial charge in [-0.2, -0.15) is 0 Å². The number of aryl methyl sites for hydroxylation is 1. The van der Waals surface area contributed by atoms with Gasteiger partial charge in [-0.15, -0.1) is 0 Å². The van der Waals surface area contributed by atoms with Gasteiger partial charge in [-0.3, -0.25) is 4.79 Å². The van der Waals surface area contributed by atoms with E-state index in [-0.39, 0.29) is 11.3 Å². The number of hydrogen-bond donors (Lipinski definition) is 1. The third kappa shape index (κ3) is 4.50. The zero-order valence-corrected chi connectivity index (χ0v) is 15.6. The average Bonchev–Trinajstić information content (AvgIpc) is 2.67. The van der Waals surface area contributed by atoms with Gasteiger partial charge in [0.25, 0.3) is 0 Å². The van der Waals surface area contributed by atoms with Crippen molar-refractivity contribution in [1.29, 1.82) is 0 Å². The molecule has 0 saturated heterocycles. The maximum absolute atomic E-state index is 13.4. The Bertz CT molecular complexity index is 878. The van der Waals surface area contributed by atoms with Gasteiger partial charge in [-0.25, -0.2) is 8.78 Å². The van der Waals surface area contributed by atoms with E-state index in [1.165, 1.54) is 32.4 Å². The number of nitrogens with one attached hydrogen (secondary N) is 1. The van der Waals surface area contributed by atoms with Gasteiger partial charge >= 0.3 is 0 Å². The Balaban J connectivity index is 2.56. The molecule has 0 unspecified atom stereocenters. The summed E-state index contributed by atoms with van der Waals surface area (Å²) in [4.78, 5) is 15.8. The number of anilines is 1. The maximum Gasteiger partial charge on any atom is 0.241 e. The van der Waals surface area contributed by atoms with E-state index in [0.717, 1.165) is 0 Å². The normalized spacial score (nSPS) is 12.6. The molecule has 7 nitrogen and oxygen atoms in total. The topological polar surface area (TPSA) is 96.3 Å². The van der Waals surface area contributed by atoms with E-state index in [1.54, 1.807) is 31.2 Å². The molecule has 28 heavy (non-hydrogen) atoms. The number of hydrogen-bond acceptors (Lipinski definition) is 4. The second-order valence-corrected chi connectivity index (χ2v) is 6.02. The summed E-state index contributed by atoms with van der Waals surface area (Å²) in [6.07, 6.45) is -3.84. The van der Waals surface area contributed by atoms with Crippen molar-refractivity contribution in [3.8, 4) is 11.5 Å². The highest BCUT2D eigenvalue weighted by Gasteiger charge is 2.43. The molecule has 1 atom stereocenters. The number of carbonyl (C=O) groups excluding carboxylic acids is 1. The lowest BCUT2D eigenvalue weighted by Gasteiger charge is -2.29. The van der Waals surface area contributed by atoms with Crippen LogP contribution in [0.25, 0.3) is 10.4 Å². The Hall–Kier alpha value is -3.32. The van der Waals surface area contributed by atoms with E-state index >= 15 is 0 Å². The van der Waals surface area contributed by atoms with Gasteiger partial charge in [-0.05, 0) is 23.6 Å². The van der Waals surface area contributed by atoms with Crippen molar-refractivity contribution < 1.29 is 23.0 Å². The molecule has 1 N–H and O–H groups in total. The summed E-state index contributed by atoms with van der Waals surface area (Å²) < 4.78 is 37.1. The summed E-state index contributed by atoms with van der Waals surface area (Å²) in [7, 11) is 2.88. The number of alkyl halides is 2.